The Balaban J connectivity index is 2.41. The maximum absolute atomic E-state index is 14.5. The predicted octanol–water partition coefficient (Wildman–Crippen LogP) is 3.82. The minimum atomic E-state index is -1.12. The van der Waals surface area contributed by atoms with Crippen molar-refractivity contribution in [3.8, 4) is 0 Å². The molecule has 2 rings (SSSR count). The molecular formula is C20H28F2N2O2. The van der Waals surface area contributed by atoms with Gasteiger partial charge in [0, 0.05) is 13.1 Å². The molecule has 1 heterocycles. The van der Waals surface area contributed by atoms with E-state index in [4.69, 9.17) is 0 Å². The molecule has 0 bridgehead atoms. The van der Waals surface area contributed by atoms with E-state index in [1.165, 1.54) is 17.9 Å². The van der Waals surface area contributed by atoms with Crippen molar-refractivity contribution < 1.29 is 18.4 Å². The third kappa shape index (κ3) is 4.05. The quantitative estimate of drug-likeness (QED) is 0.881. The molecule has 0 aromatic heterocycles. The second-order valence-electron chi connectivity index (χ2n) is 7.70. The molecule has 1 fully saturated rings. The number of nitrogens with one attached hydrogen (secondary N) is 1. The molecule has 0 aliphatic carbocycles. The summed E-state index contributed by atoms with van der Waals surface area (Å²) in [5.41, 5.74) is -1.49. The number of aryl methyl sites for hydroxylation is 1. The molecule has 2 amide bonds. The number of hydrogen-bond acceptors (Lipinski definition) is 2. The normalized spacial score (nSPS) is 20.8. The molecular weight excluding hydrogens is 338 g/mol. The van der Waals surface area contributed by atoms with Gasteiger partial charge in [0.15, 0.2) is 0 Å². The number of likely N-dealkylation sites (tertiary alicyclic amines) is 1. The number of benzene rings is 1. The van der Waals surface area contributed by atoms with Crippen molar-refractivity contribution >= 4 is 11.8 Å². The Kier molecular flexibility index (Phi) is 6.37. The van der Waals surface area contributed by atoms with Gasteiger partial charge >= 0.3 is 0 Å². The Labute approximate surface area is 153 Å². The van der Waals surface area contributed by atoms with Crippen LogP contribution in [0, 0.1) is 24.5 Å². The number of hydrogen-bond donors (Lipinski definition) is 1. The lowest BCUT2D eigenvalue weighted by molar-refractivity contribution is -0.131. The fourth-order valence-corrected chi connectivity index (χ4v) is 3.33. The van der Waals surface area contributed by atoms with Crippen LogP contribution in [0.15, 0.2) is 12.1 Å². The molecule has 4 nitrogen and oxygen atoms in total. The van der Waals surface area contributed by atoms with Crippen LogP contribution in [0.1, 0.15) is 62.4 Å². The molecule has 1 aromatic carbocycles. The Morgan fingerprint density at radius 1 is 1.23 bits per heavy atom. The highest BCUT2D eigenvalue weighted by molar-refractivity contribution is 5.99. The van der Waals surface area contributed by atoms with Gasteiger partial charge in [0.2, 0.25) is 5.91 Å². The van der Waals surface area contributed by atoms with Crippen LogP contribution in [0.25, 0.3) is 0 Å². The first kappa shape index (κ1) is 20.3. The highest BCUT2D eigenvalue weighted by Gasteiger charge is 2.44. The summed E-state index contributed by atoms with van der Waals surface area (Å²) in [5, 5.41) is 2.88. The molecule has 1 atom stereocenters. The van der Waals surface area contributed by atoms with Crippen molar-refractivity contribution in [2.24, 2.45) is 5.92 Å². The van der Waals surface area contributed by atoms with Gasteiger partial charge in [-0.3, -0.25) is 9.59 Å². The van der Waals surface area contributed by atoms with Crippen LogP contribution in [0.4, 0.5) is 8.78 Å². The maximum atomic E-state index is 14.5. The topological polar surface area (TPSA) is 49.4 Å². The molecule has 0 radical (unpaired) electrons. The van der Waals surface area contributed by atoms with Crippen molar-refractivity contribution in [3.05, 3.63) is 34.9 Å². The molecule has 1 aliphatic rings. The Morgan fingerprint density at radius 3 is 2.58 bits per heavy atom. The third-order valence-electron chi connectivity index (χ3n) is 5.04. The van der Waals surface area contributed by atoms with Gasteiger partial charge in [0.05, 0.1) is 0 Å². The lowest BCUT2D eigenvalue weighted by Gasteiger charge is -2.39. The molecule has 0 spiro atoms. The monoisotopic (exact) mass is 366 g/mol. The molecule has 6 heteroatoms. The van der Waals surface area contributed by atoms with Gasteiger partial charge in [-0.15, -0.1) is 0 Å². The van der Waals surface area contributed by atoms with Gasteiger partial charge in [-0.1, -0.05) is 32.8 Å². The zero-order valence-corrected chi connectivity index (χ0v) is 16.0. The molecule has 1 unspecified atom stereocenters. The van der Waals surface area contributed by atoms with E-state index in [2.05, 4.69) is 5.32 Å². The van der Waals surface area contributed by atoms with Crippen molar-refractivity contribution in [2.45, 2.75) is 58.9 Å². The highest BCUT2D eigenvalue weighted by Crippen LogP contribution is 2.30. The average molecular weight is 366 g/mol. The Hall–Kier alpha value is -1.98. The first-order chi connectivity index (χ1) is 12.2. The first-order valence-electron chi connectivity index (χ1n) is 9.23. The maximum Gasteiger partial charge on any atom is 0.260 e. The van der Waals surface area contributed by atoms with E-state index in [0.29, 0.717) is 25.9 Å². The van der Waals surface area contributed by atoms with E-state index >= 15 is 0 Å². The Morgan fingerprint density at radius 2 is 1.92 bits per heavy atom. The van der Waals surface area contributed by atoms with Crippen LogP contribution in [0.5, 0.6) is 0 Å². The van der Waals surface area contributed by atoms with E-state index in [0.717, 1.165) is 18.9 Å². The van der Waals surface area contributed by atoms with E-state index in [1.807, 2.05) is 13.8 Å². The van der Waals surface area contributed by atoms with E-state index < -0.39 is 28.6 Å². The summed E-state index contributed by atoms with van der Waals surface area (Å²) in [6.45, 7) is 7.94. The smallest absolute Gasteiger partial charge is 0.260 e. The molecule has 1 aromatic rings. The summed E-state index contributed by atoms with van der Waals surface area (Å²) in [7, 11) is 0. The standard InChI is InChI=1S/C20H28F2N2O2/c1-13(2)12-23-19(26)20(4)10-6-5-7-11-24(20)18(25)16-15(21)9-8-14(3)17(16)22/h8-9,13H,5-7,10-12H2,1-4H3,(H,23,26). The number of carbonyl (C=O) groups excluding carboxylic acids is 2. The van der Waals surface area contributed by atoms with Gasteiger partial charge < -0.3 is 10.2 Å². The molecule has 144 valence electrons. The Bertz CT molecular complexity index is 691. The van der Waals surface area contributed by atoms with E-state index in [1.54, 1.807) is 6.92 Å². The summed E-state index contributed by atoms with van der Waals surface area (Å²) in [6.07, 6.45) is 2.83. The lowest BCUT2D eigenvalue weighted by Crippen LogP contribution is -2.59. The number of rotatable bonds is 4. The molecule has 1 aliphatic heterocycles. The van der Waals surface area contributed by atoms with Crippen LogP contribution >= 0.6 is 0 Å². The largest absolute Gasteiger partial charge is 0.354 e. The summed E-state index contributed by atoms with van der Waals surface area (Å²) in [5.74, 6) is -2.51. The van der Waals surface area contributed by atoms with Crippen LogP contribution in [-0.4, -0.2) is 35.3 Å². The average Bonchev–Trinajstić information content (AvgIpc) is 2.78. The molecule has 1 N–H and O–H groups in total. The van der Waals surface area contributed by atoms with Crippen molar-refractivity contribution in [1.29, 1.82) is 0 Å². The van der Waals surface area contributed by atoms with Gasteiger partial charge in [-0.05, 0) is 44.2 Å². The van der Waals surface area contributed by atoms with Crippen molar-refractivity contribution in [2.75, 3.05) is 13.1 Å². The van der Waals surface area contributed by atoms with Crippen molar-refractivity contribution in [1.82, 2.24) is 10.2 Å². The minimum absolute atomic E-state index is 0.204. The van der Waals surface area contributed by atoms with Gasteiger partial charge in [-0.25, -0.2) is 8.78 Å². The summed E-state index contributed by atoms with van der Waals surface area (Å²) in [6, 6.07) is 2.40. The molecule has 0 saturated carbocycles. The third-order valence-corrected chi connectivity index (χ3v) is 5.04. The summed E-state index contributed by atoms with van der Waals surface area (Å²) < 4.78 is 28.7. The molecule has 1 saturated heterocycles. The first-order valence-corrected chi connectivity index (χ1v) is 9.23. The SMILES string of the molecule is Cc1ccc(F)c(C(=O)N2CCCCCC2(C)C(=O)NCC(C)C)c1F. The number of carbonyl (C=O) groups is 2. The predicted molar refractivity (Wildman–Crippen MR) is 96.9 cm³/mol. The van der Waals surface area contributed by atoms with E-state index in [9.17, 15) is 18.4 Å². The van der Waals surface area contributed by atoms with Gasteiger partial charge in [0.25, 0.3) is 5.91 Å². The van der Waals surface area contributed by atoms with Crippen LogP contribution in [-0.2, 0) is 4.79 Å². The van der Waals surface area contributed by atoms with Crippen LogP contribution < -0.4 is 5.32 Å². The number of amides is 2. The zero-order chi connectivity index (χ0) is 19.5. The fourth-order valence-electron chi connectivity index (χ4n) is 3.33. The zero-order valence-electron chi connectivity index (χ0n) is 16.0. The lowest BCUT2D eigenvalue weighted by atomic mass is 9.91. The van der Waals surface area contributed by atoms with Crippen LogP contribution in [0.2, 0.25) is 0 Å². The highest BCUT2D eigenvalue weighted by atomic mass is 19.1. The molecule has 26 heavy (non-hydrogen) atoms. The van der Waals surface area contributed by atoms with E-state index in [-0.39, 0.29) is 17.4 Å². The summed E-state index contributed by atoms with van der Waals surface area (Å²) >= 11 is 0. The fraction of sp³-hybridized carbons (Fsp3) is 0.600. The van der Waals surface area contributed by atoms with Gasteiger partial charge in [-0.2, -0.15) is 0 Å². The van der Waals surface area contributed by atoms with Crippen molar-refractivity contribution in [3.63, 3.8) is 0 Å². The van der Waals surface area contributed by atoms with Gasteiger partial charge in [0.1, 0.15) is 22.7 Å². The number of halogens is 2. The second-order valence-corrected chi connectivity index (χ2v) is 7.70. The minimum Gasteiger partial charge on any atom is -0.354 e. The number of nitrogens with zero attached hydrogens (tertiary/aromatic N) is 1. The van der Waals surface area contributed by atoms with Crippen LogP contribution in [0.3, 0.4) is 0 Å². The second kappa shape index (κ2) is 8.14. The summed E-state index contributed by atoms with van der Waals surface area (Å²) in [4.78, 5) is 27.3.